The fraction of sp³-hybridized carbons (Fsp3) is 0.500. The molecule has 1 heterocycles. The molecule has 0 spiro atoms. The van der Waals surface area contributed by atoms with E-state index in [0.717, 1.165) is 11.1 Å². The molecule has 0 atom stereocenters. The summed E-state index contributed by atoms with van der Waals surface area (Å²) in [6.07, 6.45) is 0.148. The molecular weight excluding hydrogens is 326 g/mol. The van der Waals surface area contributed by atoms with Crippen LogP contribution >= 0.6 is 0 Å². The first-order valence-corrected chi connectivity index (χ1v) is 7.96. The Morgan fingerprint density at radius 1 is 0.960 bits per heavy atom. The summed E-state index contributed by atoms with van der Waals surface area (Å²) in [6.45, 7) is 6.19. The Hall–Kier alpha value is -2.57. The zero-order chi connectivity index (χ0) is 18.8. The standard InChI is InChI=1S/C18H23NO6/c1-18(2,3)25-17(22)19-7-6-11-8-13(15(20)23-4)14(16(21)24-5)9-12(11)10-19/h8-9H,6-7,10H2,1-5H3. The molecule has 0 unspecified atom stereocenters. The van der Waals surface area contributed by atoms with Gasteiger partial charge in [0.1, 0.15) is 5.60 Å². The van der Waals surface area contributed by atoms with E-state index in [1.807, 2.05) is 0 Å². The smallest absolute Gasteiger partial charge is 0.410 e. The predicted molar refractivity (Wildman–Crippen MR) is 89.5 cm³/mol. The summed E-state index contributed by atoms with van der Waals surface area (Å²) in [7, 11) is 2.50. The Labute approximate surface area is 146 Å². The maximum Gasteiger partial charge on any atom is 0.410 e. The predicted octanol–water partition coefficient (Wildman–Crippen LogP) is 2.55. The van der Waals surface area contributed by atoms with Gasteiger partial charge in [-0.1, -0.05) is 0 Å². The molecule has 136 valence electrons. The molecule has 0 bridgehead atoms. The van der Waals surface area contributed by atoms with Crippen LogP contribution in [-0.2, 0) is 27.2 Å². The molecule has 1 aliphatic rings. The molecular formula is C18H23NO6. The summed E-state index contributed by atoms with van der Waals surface area (Å²) in [5, 5.41) is 0. The fourth-order valence-electron chi connectivity index (χ4n) is 2.65. The average molecular weight is 349 g/mol. The number of esters is 2. The number of hydrogen-bond donors (Lipinski definition) is 0. The average Bonchev–Trinajstić information content (AvgIpc) is 2.57. The summed E-state index contributed by atoms with van der Waals surface area (Å²) in [4.78, 5) is 37.8. The lowest BCUT2D eigenvalue weighted by Crippen LogP contribution is -2.40. The number of carbonyl (C=O) groups is 3. The Bertz CT molecular complexity index is 704. The molecule has 1 amide bonds. The third-order valence-electron chi connectivity index (χ3n) is 3.81. The molecule has 0 radical (unpaired) electrons. The number of amides is 1. The van der Waals surface area contributed by atoms with E-state index in [2.05, 4.69) is 0 Å². The van der Waals surface area contributed by atoms with Crippen LogP contribution in [0.15, 0.2) is 12.1 Å². The van der Waals surface area contributed by atoms with Gasteiger partial charge in [0, 0.05) is 13.1 Å². The molecule has 25 heavy (non-hydrogen) atoms. The normalized spacial score (nSPS) is 13.7. The quantitative estimate of drug-likeness (QED) is 0.603. The van der Waals surface area contributed by atoms with E-state index in [-0.39, 0.29) is 11.1 Å². The first kappa shape index (κ1) is 18.8. The van der Waals surface area contributed by atoms with Crippen molar-refractivity contribution in [2.75, 3.05) is 20.8 Å². The highest BCUT2D eigenvalue weighted by Gasteiger charge is 2.28. The van der Waals surface area contributed by atoms with Gasteiger partial charge >= 0.3 is 18.0 Å². The van der Waals surface area contributed by atoms with Crippen LogP contribution in [0.4, 0.5) is 4.79 Å². The van der Waals surface area contributed by atoms with E-state index in [9.17, 15) is 14.4 Å². The molecule has 1 aliphatic heterocycles. The number of carbonyl (C=O) groups excluding carboxylic acids is 3. The van der Waals surface area contributed by atoms with Crippen LogP contribution < -0.4 is 0 Å². The van der Waals surface area contributed by atoms with Crippen molar-refractivity contribution >= 4 is 18.0 Å². The minimum absolute atomic E-state index is 0.124. The van der Waals surface area contributed by atoms with Gasteiger partial charge in [-0.2, -0.15) is 0 Å². The monoisotopic (exact) mass is 349 g/mol. The summed E-state index contributed by atoms with van der Waals surface area (Å²) < 4.78 is 14.9. The third kappa shape index (κ3) is 4.29. The van der Waals surface area contributed by atoms with Crippen LogP contribution in [0.5, 0.6) is 0 Å². The van der Waals surface area contributed by atoms with Gasteiger partial charge < -0.3 is 19.1 Å². The Kier molecular flexibility index (Phi) is 5.35. The second-order valence-electron chi connectivity index (χ2n) is 6.80. The van der Waals surface area contributed by atoms with E-state index >= 15 is 0 Å². The highest BCUT2D eigenvalue weighted by Crippen LogP contribution is 2.25. The Morgan fingerprint density at radius 3 is 1.96 bits per heavy atom. The zero-order valence-corrected chi connectivity index (χ0v) is 15.2. The fourth-order valence-corrected chi connectivity index (χ4v) is 2.65. The first-order chi connectivity index (χ1) is 11.7. The molecule has 7 nitrogen and oxygen atoms in total. The largest absolute Gasteiger partial charge is 0.465 e. The van der Waals surface area contributed by atoms with Gasteiger partial charge in [0.2, 0.25) is 0 Å². The summed E-state index contributed by atoms with van der Waals surface area (Å²) in [5.41, 5.74) is 1.39. The van der Waals surface area contributed by atoms with Crippen molar-refractivity contribution in [3.05, 3.63) is 34.4 Å². The van der Waals surface area contributed by atoms with Gasteiger partial charge in [-0.15, -0.1) is 0 Å². The van der Waals surface area contributed by atoms with E-state index in [1.54, 1.807) is 37.8 Å². The van der Waals surface area contributed by atoms with E-state index < -0.39 is 23.6 Å². The van der Waals surface area contributed by atoms with Crippen molar-refractivity contribution in [2.24, 2.45) is 0 Å². The number of rotatable bonds is 2. The Morgan fingerprint density at radius 2 is 1.48 bits per heavy atom. The maximum atomic E-state index is 12.3. The van der Waals surface area contributed by atoms with E-state index in [1.165, 1.54) is 14.2 Å². The lowest BCUT2D eigenvalue weighted by atomic mass is 9.93. The zero-order valence-electron chi connectivity index (χ0n) is 15.2. The van der Waals surface area contributed by atoms with Gasteiger partial charge in [0.25, 0.3) is 0 Å². The van der Waals surface area contributed by atoms with Crippen LogP contribution in [0, 0.1) is 0 Å². The highest BCUT2D eigenvalue weighted by molar-refractivity contribution is 6.03. The number of fused-ring (bicyclic) bond motifs is 1. The lowest BCUT2D eigenvalue weighted by molar-refractivity contribution is 0.0223. The third-order valence-corrected chi connectivity index (χ3v) is 3.81. The van der Waals surface area contributed by atoms with Crippen LogP contribution in [0.2, 0.25) is 0 Å². The number of hydrogen-bond acceptors (Lipinski definition) is 6. The number of methoxy groups -OCH3 is 2. The first-order valence-electron chi connectivity index (χ1n) is 7.96. The molecule has 0 saturated heterocycles. The van der Waals surface area contributed by atoms with Gasteiger partial charge in [-0.25, -0.2) is 14.4 Å². The number of ether oxygens (including phenoxy) is 3. The summed E-state index contributed by atoms with van der Waals surface area (Å²) >= 11 is 0. The molecule has 1 aromatic rings. The van der Waals surface area contributed by atoms with Crippen LogP contribution in [0.3, 0.4) is 0 Å². The molecule has 0 fully saturated rings. The van der Waals surface area contributed by atoms with Crippen molar-refractivity contribution in [1.82, 2.24) is 4.90 Å². The molecule has 7 heteroatoms. The molecule has 0 N–H and O–H groups in total. The van der Waals surface area contributed by atoms with Gasteiger partial charge in [-0.3, -0.25) is 0 Å². The summed E-state index contributed by atoms with van der Waals surface area (Å²) in [6, 6.07) is 3.23. The topological polar surface area (TPSA) is 82.1 Å². The molecule has 0 saturated carbocycles. The minimum atomic E-state index is -0.627. The van der Waals surface area contributed by atoms with Gasteiger partial charge in [0.05, 0.1) is 25.3 Å². The van der Waals surface area contributed by atoms with Crippen molar-refractivity contribution in [1.29, 1.82) is 0 Å². The van der Waals surface area contributed by atoms with Gasteiger partial charge in [0.15, 0.2) is 0 Å². The molecule has 0 aromatic heterocycles. The van der Waals surface area contributed by atoms with Crippen molar-refractivity contribution < 1.29 is 28.6 Å². The van der Waals surface area contributed by atoms with Crippen LogP contribution in [-0.4, -0.2) is 49.3 Å². The molecule has 1 aromatic carbocycles. The number of benzene rings is 1. The van der Waals surface area contributed by atoms with Crippen molar-refractivity contribution in [2.45, 2.75) is 39.3 Å². The van der Waals surface area contributed by atoms with Crippen molar-refractivity contribution in [3.63, 3.8) is 0 Å². The maximum absolute atomic E-state index is 12.3. The lowest BCUT2D eigenvalue weighted by Gasteiger charge is -2.31. The van der Waals surface area contributed by atoms with Gasteiger partial charge in [-0.05, 0) is 50.5 Å². The SMILES string of the molecule is COC(=O)c1cc2c(cc1C(=O)OC)CN(C(=O)OC(C)(C)C)CC2. The number of nitrogens with zero attached hydrogens (tertiary/aromatic N) is 1. The summed E-state index contributed by atoms with van der Waals surface area (Å²) in [5.74, 6) is -1.23. The minimum Gasteiger partial charge on any atom is -0.465 e. The van der Waals surface area contributed by atoms with Crippen molar-refractivity contribution in [3.8, 4) is 0 Å². The second-order valence-corrected chi connectivity index (χ2v) is 6.80. The van der Waals surface area contributed by atoms with E-state index in [4.69, 9.17) is 14.2 Å². The van der Waals surface area contributed by atoms with Crippen LogP contribution in [0.1, 0.15) is 52.6 Å². The van der Waals surface area contributed by atoms with E-state index in [0.29, 0.717) is 19.5 Å². The van der Waals surface area contributed by atoms with Crippen LogP contribution in [0.25, 0.3) is 0 Å². The molecule has 0 aliphatic carbocycles. The highest BCUT2D eigenvalue weighted by atomic mass is 16.6. The Balaban J connectivity index is 2.34. The molecule has 2 rings (SSSR count). The second kappa shape index (κ2) is 7.13.